The molecule has 2 aliphatic rings. The van der Waals surface area contributed by atoms with E-state index < -0.39 is 0 Å². The van der Waals surface area contributed by atoms with Gasteiger partial charge in [0.05, 0.1) is 17.1 Å². The van der Waals surface area contributed by atoms with E-state index in [0.29, 0.717) is 12.4 Å². The molecule has 2 heterocycles. The molecule has 1 aromatic carbocycles. The standard InChI is InChI=1S/C22H30N4O3/c27-17-10-8-16(9-11-17)23-20(28)12-15-26-19-7-3-2-6-18(19)24-21(22(26)29)25-13-4-1-5-14-25/h2-3,6-7,16-17,27H,1,4-5,8-15H2,(H,23,28). The van der Waals surface area contributed by atoms with Crippen LogP contribution in [0, 0.1) is 0 Å². The van der Waals surface area contributed by atoms with Gasteiger partial charge in [-0.2, -0.15) is 0 Å². The number of anilines is 1. The van der Waals surface area contributed by atoms with Gasteiger partial charge < -0.3 is 19.9 Å². The van der Waals surface area contributed by atoms with Crippen molar-refractivity contribution in [3.8, 4) is 0 Å². The van der Waals surface area contributed by atoms with E-state index in [1.54, 1.807) is 4.57 Å². The molecule has 1 saturated heterocycles. The number of carbonyl (C=O) groups excluding carboxylic acids is 1. The Morgan fingerprint density at radius 1 is 1.10 bits per heavy atom. The molecule has 0 radical (unpaired) electrons. The number of aliphatic hydroxyl groups excluding tert-OH is 1. The van der Waals surface area contributed by atoms with E-state index in [0.717, 1.165) is 62.6 Å². The summed E-state index contributed by atoms with van der Waals surface area (Å²) in [6, 6.07) is 7.76. The lowest BCUT2D eigenvalue weighted by molar-refractivity contribution is -0.122. The SMILES string of the molecule is O=C(CCn1c(=O)c(N2CCCCC2)nc2ccccc21)NC1CCC(O)CC1. The minimum Gasteiger partial charge on any atom is -0.393 e. The minimum atomic E-state index is -0.238. The minimum absolute atomic E-state index is 0.0429. The summed E-state index contributed by atoms with van der Waals surface area (Å²) in [5, 5.41) is 12.7. The summed E-state index contributed by atoms with van der Waals surface area (Å²) in [6.45, 7) is 2.05. The number of hydrogen-bond acceptors (Lipinski definition) is 5. The summed E-state index contributed by atoms with van der Waals surface area (Å²) in [4.78, 5) is 32.4. The molecule has 2 N–H and O–H groups in total. The molecule has 1 aliphatic heterocycles. The molecule has 0 atom stereocenters. The van der Waals surface area contributed by atoms with E-state index in [4.69, 9.17) is 0 Å². The Balaban J connectivity index is 1.52. The Hall–Kier alpha value is -2.41. The normalized spacial score (nSPS) is 22.6. The molecular weight excluding hydrogens is 368 g/mol. The van der Waals surface area contributed by atoms with Gasteiger partial charge in [0.2, 0.25) is 5.91 Å². The summed E-state index contributed by atoms with van der Waals surface area (Å²) >= 11 is 0. The van der Waals surface area contributed by atoms with Crippen LogP contribution >= 0.6 is 0 Å². The lowest BCUT2D eigenvalue weighted by Crippen LogP contribution is -2.40. The van der Waals surface area contributed by atoms with Gasteiger partial charge in [-0.15, -0.1) is 0 Å². The van der Waals surface area contributed by atoms with E-state index >= 15 is 0 Å². The van der Waals surface area contributed by atoms with E-state index in [9.17, 15) is 14.7 Å². The Morgan fingerprint density at radius 2 is 1.83 bits per heavy atom. The molecule has 7 heteroatoms. The average Bonchev–Trinajstić information content (AvgIpc) is 2.75. The zero-order chi connectivity index (χ0) is 20.2. The Bertz CT molecular complexity index is 912. The van der Waals surface area contributed by atoms with Crippen LogP contribution < -0.4 is 15.8 Å². The highest BCUT2D eigenvalue weighted by atomic mass is 16.3. The summed E-state index contributed by atoms with van der Waals surface area (Å²) in [7, 11) is 0. The Kier molecular flexibility index (Phi) is 6.13. The lowest BCUT2D eigenvalue weighted by Gasteiger charge is -2.28. The maximum absolute atomic E-state index is 13.2. The number of hydrogen-bond donors (Lipinski definition) is 2. The third kappa shape index (κ3) is 4.61. The van der Waals surface area contributed by atoms with Gasteiger partial charge in [-0.05, 0) is 57.1 Å². The number of nitrogens with zero attached hydrogens (tertiary/aromatic N) is 3. The molecule has 2 aromatic rings. The zero-order valence-corrected chi connectivity index (χ0v) is 16.8. The number of benzene rings is 1. The second kappa shape index (κ2) is 8.95. The van der Waals surface area contributed by atoms with Crippen molar-refractivity contribution in [2.45, 2.75) is 70.1 Å². The van der Waals surface area contributed by atoms with Gasteiger partial charge in [-0.3, -0.25) is 9.59 Å². The molecule has 1 aromatic heterocycles. The van der Waals surface area contributed by atoms with Crippen molar-refractivity contribution < 1.29 is 9.90 Å². The molecule has 0 bridgehead atoms. The van der Waals surface area contributed by atoms with Gasteiger partial charge in [-0.25, -0.2) is 4.98 Å². The molecule has 4 rings (SSSR count). The number of rotatable bonds is 5. The molecule has 7 nitrogen and oxygen atoms in total. The summed E-state index contributed by atoms with van der Waals surface area (Å²) in [6.07, 6.45) is 6.45. The van der Waals surface area contributed by atoms with Gasteiger partial charge in [-0.1, -0.05) is 12.1 Å². The Morgan fingerprint density at radius 3 is 2.59 bits per heavy atom. The predicted octanol–water partition coefficient (Wildman–Crippen LogP) is 2.20. The Labute approximate surface area is 170 Å². The van der Waals surface area contributed by atoms with Crippen LogP contribution in [0.25, 0.3) is 11.0 Å². The van der Waals surface area contributed by atoms with E-state index in [2.05, 4.69) is 15.2 Å². The first-order chi connectivity index (χ1) is 14.1. The second-order valence-electron chi connectivity index (χ2n) is 8.25. The van der Waals surface area contributed by atoms with Crippen molar-refractivity contribution >= 4 is 22.8 Å². The van der Waals surface area contributed by atoms with Crippen LogP contribution in [0.15, 0.2) is 29.1 Å². The number of amides is 1. The number of carbonyl (C=O) groups is 1. The van der Waals surface area contributed by atoms with Crippen molar-refractivity contribution in [1.82, 2.24) is 14.9 Å². The van der Waals surface area contributed by atoms with Crippen LogP contribution in [0.2, 0.25) is 0 Å². The maximum atomic E-state index is 13.2. The highest BCUT2D eigenvalue weighted by molar-refractivity contribution is 5.78. The van der Waals surface area contributed by atoms with Crippen molar-refractivity contribution in [2.24, 2.45) is 0 Å². The number of aliphatic hydroxyl groups is 1. The second-order valence-corrected chi connectivity index (χ2v) is 8.25. The molecule has 29 heavy (non-hydrogen) atoms. The maximum Gasteiger partial charge on any atom is 0.294 e. The van der Waals surface area contributed by atoms with Crippen molar-refractivity contribution in [3.05, 3.63) is 34.6 Å². The van der Waals surface area contributed by atoms with Crippen molar-refractivity contribution in [3.63, 3.8) is 0 Å². The zero-order valence-electron chi connectivity index (χ0n) is 16.8. The first-order valence-corrected chi connectivity index (χ1v) is 10.8. The number of para-hydroxylation sites is 2. The molecule has 1 saturated carbocycles. The summed E-state index contributed by atoms with van der Waals surface area (Å²) < 4.78 is 1.70. The van der Waals surface area contributed by atoms with Crippen molar-refractivity contribution in [2.75, 3.05) is 18.0 Å². The highest BCUT2D eigenvalue weighted by Gasteiger charge is 2.22. The van der Waals surface area contributed by atoms with Crippen LogP contribution in [0.3, 0.4) is 0 Å². The fourth-order valence-electron chi connectivity index (χ4n) is 4.45. The molecular formula is C22H30N4O3. The average molecular weight is 399 g/mol. The summed E-state index contributed by atoms with van der Waals surface area (Å²) in [5.74, 6) is 0.462. The number of fused-ring (bicyclic) bond motifs is 1. The molecule has 1 amide bonds. The smallest absolute Gasteiger partial charge is 0.294 e. The largest absolute Gasteiger partial charge is 0.393 e. The molecule has 0 unspecified atom stereocenters. The number of piperidine rings is 1. The van der Waals surface area contributed by atoms with Gasteiger partial charge in [0.15, 0.2) is 5.82 Å². The van der Waals surface area contributed by atoms with Gasteiger partial charge in [0, 0.05) is 32.1 Å². The molecule has 2 fully saturated rings. The van der Waals surface area contributed by atoms with Gasteiger partial charge >= 0.3 is 0 Å². The fraction of sp³-hybridized carbons (Fsp3) is 0.591. The van der Waals surface area contributed by atoms with Crippen LogP contribution in [-0.2, 0) is 11.3 Å². The van der Waals surface area contributed by atoms with E-state index in [-0.39, 0.29) is 30.0 Å². The number of aryl methyl sites for hydroxylation is 1. The molecule has 156 valence electrons. The van der Waals surface area contributed by atoms with Crippen molar-refractivity contribution in [1.29, 1.82) is 0 Å². The van der Waals surface area contributed by atoms with Gasteiger partial charge in [0.1, 0.15) is 0 Å². The summed E-state index contributed by atoms with van der Waals surface area (Å²) in [5.41, 5.74) is 1.44. The number of nitrogens with one attached hydrogen (secondary N) is 1. The van der Waals surface area contributed by atoms with E-state index in [1.165, 1.54) is 6.42 Å². The number of aromatic nitrogens is 2. The highest BCUT2D eigenvalue weighted by Crippen LogP contribution is 2.20. The predicted molar refractivity (Wildman–Crippen MR) is 113 cm³/mol. The van der Waals surface area contributed by atoms with Crippen LogP contribution in [0.4, 0.5) is 5.82 Å². The fourth-order valence-corrected chi connectivity index (χ4v) is 4.45. The molecule has 1 aliphatic carbocycles. The van der Waals surface area contributed by atoms with Crippen LogP contribution in [0.5, 0.6) is 0 Å². The third-order valence-electron chi connectivity index (χ3n) is 6.12. The monoisotopic (exact) mass is 398 g/mol. The quantitative estimate of drug-likeness (QED) is 0.806. The van der Waals surface area contributed by atoms with E-state index in [1.807, 2.05) is 24.3 Å². The van der Waals surface area contributed by atoms with Crippen LogP contribution in [0.1, 0.15) is 51.4 Å². The lowest BCUT2D eigenvalue weighted by atomic mass is 9.93. The van der Waals surface area contributed by atoms with Gasteiger partial charge in [0.25, 0.3) is 5.56 Å². The first kappa shape index (κ1) is 19.9. The molecule has 0 spiro atoms. The topological polar surface area (TPSA) is 87.5 Å². The first-order valence-electron chi connectivity index (χ1n) is 10.8. The van der Waals surface area contributed by atoms with Crippen LogP contribution in [-0.4, -0.2) is 45.8 Å². The third-order valence-corrected chi connectivity index (χ3v) is 6.12.